The van der Waals surface area contributed by atoms with Gasteiger partial charge in [0.1, 0.15) is 11.3 Å². The zero-order chi connectivity index (χ0) is 18.0. The van der Waals surface area contributed by atoms with Crippen LogP contribution in [0.4, 0.5) is 10.8 Å². The number of rotatable bonds is 5. The fourth-order valence-electron chi connectivity index (χ4n) is 2.41. The van der Waals surface area contributed by atoms with Crippen molar-refractivity contribution < 1.29 is 14.5 Å². The van der Waals surface area contributed by atoms with Gasteiger partial charge in [-0.15, -0.1) is 0 Å². The molecule has 0 aliphatic heterocycles. The second-order valence-electron chi connectivity index (χ2n) is 5.43. The maximum absolute atomic E-state index is 12.2. The van der Waals surface area contributed by atoms with Crippen LogP contribution in [-0.2, 0) is 11.2 Å². The van der Waals surface area contributed by atoms with Crippen molar-refractivity contribution in [1.29, 1.82) is 0 Å². The molecule has 3 rings (SSSR count). The molecule has 0 saturated carbocycles. The summed E-state index contributed by atoms with van der Waals surface area (Å²) < 4.78 is 6.27. The van der Waals surface area contributed by atoms with Crippen molar-refractivity contribution in [3.63, 3.8) is 0 Å². The van der Waals surface area contributed by atoms with Crippen LogP contribution in [-0.4, -0.2) is 22.9 Å². The Bertz CT molecular complexity index is 950. The van der Waals surface area contributed by atoms with Crippen molar-refractivity contribution in [2.24, 2.45) is 0 Å². The number of hydrogen-bond acceptors (Lipinski definition) is 6. The third-order valence-electron chi connectivity index (χ3n) is 3.68. The summed E-state index contributed by atoms with van der Waals surface area (Å²) in [6, 6.07) is 9.71. The summed E-state index contributed by atoms with van der Waals surface area (Å²) in [7, 11) is 1.58. The van der Waals surface area contributed by atoms with E-state index in [1.807, 2.05) is 19.1 Å². The molecule has 0 fully saturated rings. The molecule has 3 aromatic rings. The second-order valence-corrected chi connectivity index (χ2v) is 6.43. The molecule has 1 amide bonds. The molecule has 128 valence electrons. The quantitative estimate of drug-likeness (QED) is 0.555. The molecule has 0 radical (unpaired) electrons. The van der Waals surface area contributed by atoms with Crippen LogP contribution < -0.4 is 10.1 Å². The van der Waals surface area contributed by atoms with Crippen LogP contribution in [0, 0.1) is 17.0 Å². The van der Waals surface area contributed by atoms with Crippen LogP contribution in [0.2, 0.25) is 0 Å². The van der Waals surface area contributed by atoms with Gasteiger partial charge in [-0.1, -0.05) is 29.5 Å². The van der Waals surface area contributed by atoms with Crippen molar-refractivity contribution in [3.05, 3.63) is 57.6 Å². The van der Waals surface area contributed by atoms with E-state index in [2.05, 4.69) is 10.3 Å². The third kappa shape index (κ3) is 3.58. The number of thiazole rings is 1. The van der Waals surface area contributed by atoms with Gasteiger partial charge >= 0.3 is 0 Å². The van der Waals surface area contributed by atoms with Crippen LogP contribution in [0.3, 0.4) is 0 Å². The highest BCUT2D eigenvalue weighted by Gasteiger charge is 2.14. The molecule has 7 nitrogen and oxygen atoms in total. The maximum atomic E-state index is 12.2. The van der Waals surface area contributed by atoms with E-state index in [0.29, 0.717) is 16.4 Å². The topological polar surface area (TPSA) is 94.4 Å². The van der Waals surface area contributed by atoms with Crippen molar-refractivity contribution in [2.45, 2.75) is 13.3 Å². The first-order valence-corrected chi connectivity index (χ1v) is 8.27. The smallest absolute Gasteiger partial charge is 0.269 e. The molecule has 0 aliphatic carbocycles. The van der Waals surface area contributed by atoms with Crippen molar-refractivity contribution in [2.75, 3.05) is 12.4 Å². The number of fused-ring (bicyclic) bond motifs is 1. The predicted octanol–water partition coefficient (Wildman–Crippen LogP) is 3.70. The van der Waals surface area contributed by atoms with E-state index < -0.39 is 4.92 Å². The van der Waals surface area contributed by atoms with Gasteiger partial charge in [0.05, 0.1) is 23.2 Å². The molecule has 0 unspecified atom stereocenters. The highest BCUT2D eigenvalue weighted by atomic mass is 32.1. The van der Waals surface area contributed by atoms with Gasteiger partial charge in [0.25, 0.3) is 5.69 Å². The molecular weight excluding hydrogens is 342 g/mol. The van der Waals surface area contributed by atoms with Crippen LogP contribution in [0.1, 0.15) is 11.1 Å². The van der Waals surface area contributed by atoms with Gasteiger partial charge in [0.15, 0.2) is 5.13 Å². The Morgan fingerprint density at radius 1 is 1.28 bits per heavy atom. The number of aromatic nitrogens is 1. The number of amides is 1. The number of benzene rings is 2. The number of carbonyl (C=O) groups excluding carboxylic acids is 1. The average molecular weight is 357 g/mol. The summed E-state index contributed by atoms with van der Waals surface area (Å²) in [5.74, 6) is 0.428. The Balaban J connectivity index is 1.75. The minimum atomic E-state index is -0.472. The Morgan fingerprint density at radius 3 is 2.64 bits per heavy atom. The first-order chi connectivity index (χ1) is 12.0. The van der Waals surface area contributed by atoms with E-state index in [-0.39, 0.29) is 18.0 Å². The number of ether oxygens (including phenoxy) is 1. The lowest BCUT2D eigenvalue weighted by atomic mass is 10.1. The molecule has 0 bridgehead atoms. The molecule has 0 aliphatic rings. The molecule has 1 N–H and O–H groups in total. The number of non-ortho nitro benzene ring substituents is 1. The van der Waals surface area contributed by atoms with Gasteiger partial charge in [0, 0.05) is 12.1 Å². The largest absolute Gasteiger partial charge is 0.494 e. The lowest BCUT2D eigenvalue weighted by Gasteiger charge is -2.02. The minimum absolute atomic E-state index is 0.00194. The zero-order valence-electron chi connectivity index (χ0n) is 13.6. The SMILES string of the molecule is COc1ccc(C)c2sc(NC(=O)Cc3ccc([N+](=O)[O-])cc3)nc12. The lowest BCUT2D eigenvalue weighted by molar-refractivity contribution is -0.384. The second kappa shape index (κ2) is 6.86. The molecule has 8 heteroatoms. The van der Waals surface area contributed by atoms with Gasteiger partial charge in [-0.3, -0.25) is 14.9 Å². The fourth-order valence-corrected chi connectivity index (χ4v) is 3.38. The summed E-state index contributed by atoms with van der Waals surface area (Å²) in [6.07, 6.45) is 0.115. The zero-order valence-corrected chi connectivity index (χ0v) is 14.4. The fraction of sp³-hybridized carbons (Fsp3) is 0.176. The van der Waals surface area contributed by atoms with Gasteiger partial charge < -0.3 is 10.1 Å². The first-order valence-electron chi connectivity index (χ1n) is 7.45. The number of hydrogen-bond donors (Lipinski definition) is 1. The van der Waals surface area contributed by atoms with E-state index in [1.54, 1.807) is 19.2 Å². The predicted molar refractivity (Wildman–Crippen MR) is 96.3 cm³/mol. The van der Waals surface area contributed by atoms with Gasteiger partial charge in [-0.25, -0.2) is 4.98 Å². The first kappa shape index (κ1) is 16.8. The Morgan fingerprint density at radius 2 is 2.00 bits per heavy atom. The Labute approximate surface area is 147 Å². The van der Waals surface area contributed by atoms with Crippen LogP contribution >= 0.6 is 11.3 Å². The number of nitro groups is 1. The summed E-state index contributed by atoms with van der Waals surface area (Å²) in [5.41, 5.74) is 2.47. The molecule has 0 spiro atoms. The van der Waals surface area contributed by atoms with Crippen molar-refractivity contribution >= 4 is 38.3 Å². The van der Waals surface area contributed by atoms with Crippen molar-refractivity contribution in [1.82, 2.24) is 4.98 Å². The Hall–Kier alpha value is -3.00. The molecule has 1 aromatic heterocycles. The third-order valence-corrected chi connectivity index (χ3v) is 4.79. The van der Waals surface area contributed by atoms with Gasteiger partial charge in [-0.05, 0) is 24.1 Å². The lowest BCUT2D eigenvalue weighted by Crippen LogP contribution is -2.14. The van der Waals surface area contributed by atoms with E-state index in [4.69, 9.17) is 4.74 Å². The summed E-state index contributed by atoms with van der Waals surface area (Å²) in [5, 5.41) is 13.9. The number of carbonyl (C=O) groups is 1. The maximum Gasteiger partial charge on any atom is 0.269 e. The van der Waals surface area contributed by atoms with Gasteiger partial charge in [0.2, 0.25) is 5.91 Å². The minimum Gasteiger partial charge on any atom is -0.494 e. The normalized spacial score (nSPS) is 10.6. The van der Waals surface area contributed by atoms with E-state index in [0.717, 1.165) is 15.8 Å². The van der Waals surface area contributed by atoms with Gasteiger partial charge in [-0.2, -0.15) is 0 Å². The number of nitrogens with zero attached hydrogens (tertiary/aromatic N) is 2. The molecule has 0 saturated heterocycles. The molecular formula is C17H15N3O4S. The highest BCUT2D eigenvalue weighted by Crippen LogP contribution is 2.34. The van der Waals surface area contributed by atoms with E-state index >= 15 is 0 Å². The van der Waals surface area contributed by atoms with E-state index in [1.165, 1.54) is 23.5 Å². The number of nitrogens with one attached hydrogen (secondary N) is 1. The summed E-state index contributed by atoms with van der Waals surface area (Å²) >= 11 is 1.39. The van der Waals surface area contributed by atoms with Crippen LogP contribution in [0.15, 0.2) is 36.4 Å². The monoisotopic (exact) mass is 357 g/mol. The molecule has 25 heavy (non-hydrogen) atoms. The average Bonchev–Trinajstić information content (AvgIpc) is 3.00. The highest BCUT2D eigenvalue weighted by molar-refractivity contribution is 7.22. The van der Waals surface area contributed by atoms with Crippen LogP contribution in [0.25, 0.3) is 10.2 Å². The van der Waals surface area contributed by atoms with Crippen LogP contribution in [0.5, 0.6) is 5.75 Å². The number of nitro benzene ring substituents is 1. The summed E-state index contributed by atoms with van der Waals surface area (Å²) in [4.78, 5) is 26.8. The Kier molecular flexibility index (Phi) is 4.62. The number of aryl methyl sites for hydroxylation is 1. The standard InChI is InChI=1S/C17H15N3O4S/c1-10-3-8-13(24-2)15-16(10)25-17(19-15)18-14(21)9-11-4-6-12(7-5-11)20(22)23/h3-8H,9H2,1-2H3,(H,18,19,21). The van der Waals surface area contributed by atoms with Crippen molar-refractivity contribution in [3.8, 4) is 5.75 Å². The summed E-state index contributed by atoms with van der Waals surface area (Å²) in [6.45, 7) is 1.97. The number of methoxy groups -OCH3 is 1. The molecule has 0 atom stereocenters. The molecule has 1 heterocycles. The molecule has 2 aromatic carbocycles. The number of anilines is 1. The van der Waals surface area contributed by atoms with E-state index in [9.17, 15) is 14.9 Å².